The van der Waals surface area contributed by atoms with E-state index in [1.807, 2.05) is 30.3 Å². The maximum Gasteiger partial charge on any atom is 0.408 e. The van der Waals surface area contributed by atoms with Gasteiger partial charge in [-0.3, -0.25) is 19.8 Å². The number of carbonyl (C=O) groups is 4. The summed E-state index contributed by atoms with van der Waals surface area (Å²) in [5.41, 5.74) is 0.144. The topological polar surface area (TPSA) is 134 Å². The van der Waals surface area contributed by atoms with E-state index in [1.54, 1.807) is 39.5 Å². The lowest BCUT2D eigenvalue weighted by Crippen LogP contribution is -2.58. The maximum absolute atomic E-state index is 13.2. The average molecular weight is 506 g/mol. The van der Waals surface area contributed by atoms with Gasteiger partial charge < -0.3 is 19.9 Å². The third kappa shape index (κ3) is 8.30. The van der Waals surface area contributed by atoms with Crippen LogP contribution in [-0.4, -0.2) is 77.4 Å². The van der Waals surface area contributed by atoms with Gasteiger partial charge in [0.05, 0.1) is 19.2 Å². The molecule has 1 saturated heterocycles. The number of esters is 1. The standard InChI is InChI=1S/C26H39N3O7/c1-16(2)20(27-25(34)36-26(3,4)5)23(32)28-22(31)18-13-10-14-29(18)19(21(30)24(33)35-6)15-17-11-8-7-9-12-17/h7-9,11-12,16,18-21,30H,10,13-15H2,1-6H3,(H,27,34)(H,28,31,32)/t18-,19?,20-,21+/m0/s1. The largest absolute Gasteiger partial charge is 0.467 e. The molecule has 1 fully saturated rings. The third-order valence-corrected chi connectivity index (χ3v) is 5.99. The molecule has 0 aromatic heterocycles. The fourth-order valence-electron chi connectivity index (χ4n) is 4.26. The average Bonchev–Trinajstić information content (AvgIpc) is 3.29. The van der Waals surface area contributed by atoms with Gasteiger partial charge in [-0.05, 0) is 58.1 Å². The zero-order chi connectivity index (χ0) is 27.0. The van der Waals surface area contributed by atoms with Gasteiger partial charge in [0.25, 0.3) is 0 Å². The summed E-state index contributed by atoms with van der Waals surface area (Å²) in [7, 11) is 1.20. The summed E-state index contributed by atoms with van der Waals surface area (Å²) in [5, 5.41) is 15.7. The minimum Gasteiger partial charge on any atom is -0.467 e. The van der Waals surface area contributed by atoms with Crippen molar-refractivity contribution in [1.29, 1.82) is 0 Å². The van der Waals surface area contributed by atoms with Crippen LogP contribution in [-0.2, 0) is 30.3 Å². The second-order valence-electron chi connectivity index (χ2n) is 10.3. The highest BCUT2D eigenvalue weighted by molar-refractivity contribution is 6.01. The number of rotatable bonds is 9. The normalized spacial score (nSPS) is 18.7. The van der Waals surface area contributed by atoms with E-state index >= 15 is 0 Å². The van der Waals surface area contributed by atoms with E-state index in [4.69, 9.17) is 9.47 Å². The molecule has 36 heavy (non-hydrogen) atoms. The van der Waals surface area contributed by atoms with Gasteiger partial charge in [0.1, 0.15) is 11.6 Å². The van der Waals surface area contributed by atoms with Crippen molar-refractivity contribution in [2.45, 2.75) is 83.7 Å². The number of alkyl carbamates (subject to hydrolysis) is 1. The van der Waals surface area contributed by atoms with Gasteiger partial charge >= 0.3 is 12.1 Å². The van der Waals surface area contributed by atoms with Crippen LogP contribution in [0.2, 0.25) is 0 Å². The van der Waals surface area contributed by atoms with Gasteiger partial charge in [-0.25, -0.2) is 9.59 Å². The fourth-order valence-corrected chi connectivity index (χ4v) is 4.26. The van der Waals surface area contributed by atoms with Crippen molar-refractivity contribution in [2.75, 3.05) is 13.7 Å². The van der Waals surface area contributed by atoms with E-state index in [-0.39, 0.29) is 5.92 Å². The molecular formula is C26H39N3O7. The van der Waals surface area contributed by atoms with Crippen LogP contribution in [0.4, 0.5) is 4.79 Å². The minimum atomic E-state index is -1.48. The summed E-state index contributed by atoms with van der Waals surface area (Å²) in [6.07, 6.45) is -0.824. The summed E-state index contributed by atoms with van der Waals surface area (Å²) in [6, 6.07) is 6.87. The van der Waals surface area contributed by atoms with Crippen molar-refractivity contribution in [3.63, 3.8) is 0 Å². The van der Waals surface area contributed by atoms with Crippen molar-refractivity contribution in [3.8, 4) is 0 Å². The van der Waals surface area contributed by atoms with E-state index in [9.17, 15) is 24.3 Å². The molecule has 0 aliphatic carbocycles. The smallest absolute Gasteiger partial charge is 0.408 e. The molecule has 0 radical (unpaired) electrons. The van der Waals surface area contributed by atoms with Gasteiger partial charge in [-0.1, -0.05) is 44.2 Å². The van der Waals surface area contributed by atoms with Gasteiger partial charge in [0, 0.05) is 0 Å². The number of hydrogen-bond acceptors (Lipinski definition) is 8. The second kappa shape index (κ2) is 12.8. The van der Waals surface area contributed by atoms with E-state index in [1.165, 1.54) is 7.11 Å². The van der Waals surface area contributed by atoms with Crippen LogP contribution in [0.25, 0.3) is 0 Å². The number of amides is 3. The molecule has 1 aliphatic heterocycles. The van der Waals surface area contributed by atoms with Crippen molar-refractivity contribution >= 4 is 23.9 Å². The van der Waals surface area contributed by atoms with Gasteiger partial charge in [0.2, 0.25) is 11.8 Å². The highest BCUT2D eigenvalue weighted by Gasteiger charge is 2.42. The number of nitrogens with zero attached hydrogens (tertiary/aromatic N) is 1. The molecule has 0 saturated carbocycles. The Morgan fingerprint density at radius 1 is 1.14 bits per heavy atom. The molecule has 200 valence electrons. The first-order valence-corrected chi connectivity index (χ1v) is 12.2. The molecule has 1 aromatic rings. The number of aliphatic hydroxyl groups is 1. The Bertz CT molecular complexity index is 914. The number of nitrogens with one attached hydrogen (secondary N) is 2. The number of methoxy groups -OCH3 is 1. The lowest BCUT2D eigenvalue weighted by Gasteiger charge is -2.34. The molecule has 1 aliphatic rings. The second-order valence-corrected chi connectivity index (χ2v) is 10.3. The van der Waals surface area contributed by atoms with E-state index in [0.29, 0.717) is 25.8 Å². The number of aliphatic hydroxyl groups excluding tert-OH is 1. The lowest BCUT2D eigenvalue weighted by atomic mass is 9.98. The van der Waals surface area contributed by atoms with Crippen LogP contribution in [0.15, 0.2) is 30.3 Å². The number of likely N-dealkylation sites (tertiary alicyclic amines) is 1. The summed E-state index contributed by atoms with van der Waals surface area (Å²) in [5.74, 6) is -2.30. The van der Waals surface area contributed by atoms with Crippen LogP contribution in [0.3, 0.4) is 0 Å². The zero-order valence-corrected chi connectivity index (χ0v) is 21.9. The molecule has 0 spiro atoms. The van der Waals surface area contributed by atoms with Crippen LogP contribution in [0.5, 0.6) is 0 Å². The Hall–Kier alpha value is -2.98. The van der Waals surface area contributed by atoms with Crippen LogP contribution < -0.4 is 10.6 Å². The molecule has 4 atom stereocenters. The molecular weight excluding hydrogens is 466 g/mol. The molecule has 3 amide bonds. The first-order chi connectivity index (χ1) is 16.8. The Morgan fingerprint density at radius 2 is 1.78 bits per heavy atom. The summed E-state index contributed by atoms with van der Waals surface area (Å²) >= 11 is 0. The molecule has 1 aromatic carbocycles. The van der Waals surface area contributed by atoms with E-state index in [0.717, 1.165) is 5.56 Å². The minimum absolute atomic E-state index is 0.308. The molecule has 2 rings (SSSR count). The van der Waals surface area contributed by atoms with E-state index < -0.39 is 53.7 Å². The predicted octanol–water partition coefficient (Wildman–Crippen LogP) is 1.79. The summed E-state index contributed by atoms with van der Waals surface area (Å²) in [6.45, 7) is 9.09. The van der Waals surface area contributed by atoms with Gasteiger partial charge in [-0.15, -0.1) is 0 Å². The van der Waals surface area contributed by atoms with E-state index in [2.05, 4.69) is 10.6 Å². The van der Waals surface area contributed by atoms with Crippen molar-refractivity contribution in [2.24, 2.45) is 5.92 Å². The molecule has 10 heteroatoms. The van der Waals surface area contributed by atoms with Gasteiger partial charge in [-0.2, -0.15) is 0 Å². The highest BCUT2D eigenvalue weighted by Crippen LogP contribution is 2.25. The van der Waals surface area contributed by atoms with Crippen LogP contribution in [0.1, 0.15) is 53.0 Å². The van der Waals surface area contributed by atoms with Crippen molar-refractivity contribution < 1.29 is 33.8 Å². The Kier molecular flexibility index (Phi) is 10.4. The first-order valence-electron chi connectivity index (χ1n) is 12.2. The van der Waals surface area contributed by atoms with Crippen LogP contribution in [0, 0.1) is 5.92 Å². The number of hydrogen-bond donors (Lipinski definition) is 3. The lowest BCUT2D eigenvalue weighted by molar-refractivity contribution is -0.155. The number of carbonyl (C=O) groups excluding carboxylic acids is 4. The Labute approximate surface area is 212 Å². The van der Waals surface area contributed by atoms with Crippen LogP contribution >= 0.6 is 0 Å². The number of imide groups is 1. The fraction of sp³-hybridized carbons (Fsp3) is 0.615. The van der Waals surface area contributed by atoms with Crippen molar-refractivity contribution in [3.05, 3.63) is 35.9 Å². The Morgan fingerprint density at radius 3 is 2.33 bits per heavy atom. The first kappa shape index (κ1) is 29.3. The zero-order valence-electron chi connectivity index (χ0n) is 21.9. The molecule has 10 nitrogen and oxygen atoms in total. The van der Waals surface area contributed by atoms with Gasteiger partial charge in [0.15, 0.2) is 6.10 Å². The predicted molar refractivity (Wildman–Crippen MR) is 133 cm³/mol. The third-order valence-electron chi connectivity index (χ3n) is 5.99. The van der Waals surface area contributed by atoms with Crippen molar-refractivity contribution in [1.82, 2.24) is 15.5 Å². The number of benzene rings is 1. The molecule has 3 N–H and O–H groups in total. The molecule has 1 unspecified atom stereocenters. The summed E-state index contributed by atoms with van der Waals surface area (Å²) in [4.78, 5) is 52.4. The summed E-state index contributed by atoms with van der Waals surface area (Å²) < 4.78 is 10.0. The SMILES string of the molecule is COC(=O)[C@H](O)C(Cc1ccccc1)N1CCC[C@H]1C(=O)NC(=O)[C@@H](NC(=O)OC(C)(C)C)C(C)C. The Balaban J connectivity index is 2.18. The molecule has 1 heterocycles. The highest BCUT2D eigenvalue weighted by atomic mass is 16.6. The quantitative estimate of drug-likeness (QED) is 0.433. The molecule has 0 bridgehead atoms. The monoisotopic (exact) mass is 505 g/mol. The number of ether oxygens (including phenoxy) is 2. The maximum atomic E-state index is 13.2.